The molecule has 1 N–H and O–H groups in total. The number of piperidine rings is 1. The summed E-state index contributed by atoms with van der Waals surface area (Å²) in [6, 6.07) is 11.9. The fraction of sp³-hybridized carbons (Fsp3) is 0.440. The molecule has 1 unspecified atom stereocenters. The summed E-state index contributed by atoms with van der Waals surface area (Å²) in [5.74, 6) is 3.92. The van der Waals surface area contributed by atoms with E-state index in [0.717, 1.165) is 50.4 Å². The summed E-state index contributed by atoms with van der Waals surface area (Å²) in [5, 5.41) is 11.1. The lowest BCUT2D eigenvalue weighted by molar-refractivity contribution is -0.132. The molecule has 1 aromatic heterocycles. The van der Waals surface area contributed by atoms with E-state index >= 15 is 0 Å². The lowest BCUT2D eigenvalue weighted by Gasteiger charge is -2.32. The van der Waals surface area contributed by atoms with Crippen molar-refractivity contribution in [2.75, 3.05) is 36.4 Å². The maximum absolute atomic E-state index is 12.7. The lowest BCUT2D eigenvalue weighted by atomic mass is 9.89. The number of rotatable bonds is 6. The molecule has 0 radical (unpaired) electrons. The predicted molar refractivity (Wildman–Crippen MR) is 124 cm³/mol. The molecule has 2 aliphatic rings. The normalized spacial score (nSPS) is 18.9. The molecular formula is C25H29N5O2. The van der Waals surface area contributed by atoms with Gasteiger partial charge in [-0.05, 0) is 55.0 Å². The van der Waals surface area contributed by atoms with Crippen molar-refractivity contribution in [1.82, 2.24) is 15.1 Å². The Morgan fingerprint density at radius 1 is 1.09 bits per heavy atom. The van der Waals surface area contributed by atoms with Gasteiger partial charge in [0.25, 0.3) is 0 Å². The maximum Gasteiger partial charge on any atom is 0.229 e. The van der Waals surface area contributed by atoms with E-state index in [-0.39, 0.29) is 17.7 Å². The van der Waals surface area contributed by atoms with Gasteiger partial charge in [0.2, 0.25) is 11.8 Å². The van der Waals surface area contributed by atoms with Crippen LogP contribution in [0.4, 0.5) is 11.5 Å². The Labute approximate surface area is 189 Å². The number of hydrogen-bond donors (Lipinski definition) is 1. The van der Waals surface area contributed by atoms with Crippen LogP contribution in [0.1, 0.15) is 43.6 Å². The maximum atomic E-state index is 12.7. The van der Waals surface area contributed by atoms with Gasteiger partial charge in [0, 0.05) is 50.9 Å². The summed E-state index contributed by atoms with van der Waals surface area (Å²) in [5.41, 5.74) is 2.08. The van der Waals surface area contributed by atoms with Crippen LogP contribution < -0.4 is 10.2 Å². The molecule has 7 heteroatoms. The number of carbonyl (C=O) groups excluding carboxylic acids is 2. The van der Waals surface area contributed by atoms with Crippen LogP contribution in [-0.4, -0.2) is 53.1 Å². The highest BCUT2D eigenvalue weighted by molar-refractivity contribution is 5.93. The van der Waals surface area contributed by atoms with Gasteiger partial charge in [-0.15, -0.1) is 17.4 Å². The number of carbonyl (C=O) groups is 2. The van der Waals surface area contributed by atoms with Crippen molar-refractivity contribution in [2.24, 2.45) is 5.92 Å². The third-order valence-electron chi connectivity index (χ3n) is 6.42. The SMILES string of the molecule is C#CCCC(=O)N1CCC(c2ccc(NC(=O)C3CCN(c4cccnn4)C3)cc2)CC1. The zero-order chi connectivity index (χ0) is 22.3. The van der Waals surface area contributed by atoms with Gasteiger partial charge in [0.05, 0.1) is 5.92 Å². The van der Waals surface area contributed by atoms with Crippen LogP contribution in [0.25, 0.3) is 0 Å². The second-order valence-electron chi connectivity index (χ2n) is 8.48. The molecule has 1 aromatic carbocycles. The number of nitrogens with one attached hydrogen (secondary N) is 1. The molecule has 0 spiro atoms. The summed E-state index contributed by atoms with van der Waals surface area (Å²) in [6.45, 7) is 3.01. The fourth-order valence-electron chi connectivity index (χ4n) is 4.53. The zero-order valence-electron chi connectivity index (χ0n) is 18.2. The van der Waals surface area contributed by atoms with Gasteiger partial charge in [0.15, 0.2) is 5.82 Å². The van der Waals surface area contributed by atoms with Gasteiger partial charge >= 0.3 is 0 Å². The monoisotopic (exact) mass is 431 g/mol. The molecule has 2 aromatic rings. The van der Waals surface area contributed by atoms with Crippen molar-refractivity contribution in [3.63, 3.8) is 0 Å². The van der Waals surface area contributed by atoms with Crippen LogP contribution in [0.2, 0.25) is 0 Å². The molecule has 7 nitrogen and oxygen atoms in total. The Kier molecular flexibility index (Phi) is 7.00. The van der Waals surface area contributed by atoms with Gasteiger partial charge in [-0.2, -0.15) is 5.10 Å². The first-order valence-electron chi connectivity index (χ1n) is 11.3. The van der Waals surface area contributed by atoms with E-state index in [1.165, 1.54) is 5.56 Å². The largest absolute Gasteiger partial charge is 0.354 e. The van der Waals surface area contributed by atoms with Crippen LogP contribution >= 0.6 is 0 Å². The minimum Gasteiger partial charge on any atom is -0.354 e. The van der Waals surface area contributed by atoms with E-state index in [2.05, 4.69) is 38.5 Å². The van der Waals surface area contributed by atoms with E-state index in [1.807, 2.05) is 29.2 Å². The second kappa shape index (κ2) is 10.3. The van der Waals surface area contributed by atoms with Crippen molar-refractivity contribution in [3.05, 3.63) is 48.2 Å². The Hall–Kier alpha value is -3.40. The minimum atomic E-state index is -0.0620. The Morgan fingerprint density at radius 3 is 2.56 bits per heavy atom. The Bertz CT molecular complexity index is 962. The molecule has 2 aliphatic heterocycles. The smallest absolute Gasteiger partial charge is 0.229 e. The third kappa shape index (κ3) is 5.25. The summed E-state index contributed by atoms with van der Waals surface area (Å²) in [7, 11) is 0. The Balaban J connectivity index is 1.26. The van der Waals surface area contributed by atoms with Crippen LogP contribution in [0.3, 0.4) is 0 Å². The highest BCUT2D eigenvalue weighted by atomic mass is 16.2. The molecule has 0 bridgehead atoms. The average molecular weight is 432 g/mol. The molecular weight excluding hydrogens is 402 g/mol. The highest BCUT2D eigenvalue weighted by Gasteiger charge is 2.29. The Morgan fingerprint density at radius 2 is 1.88 bits per heavy atom. The van der Waals surface area contributed by atoms with Gasteiger partial charge < -0.3 is 15.1 Å². The summed E-state index contributed by atoms with van der Waals surface area (Å²) < 4.78 is 0. The number of amides is 2. The number of hydrogen-bond acceptors (Lipinski definition) is 5. The van der Waals surface area contributed by atoms with E-state index in [4.69, 9.17) is 6.42 Å². The number of terminal acetylenes is 1. The van der Waals surface area contributed by atoms with Crippen molar-refractivity contribution >= 4 is 23.3 Å². The lowest BCUT2D eigenvalue weighted by Crippen LogP contribution is -2.37. The van der Waals surface area contributed by atoms with Crippen molar-refractivity contribution in [3.8, 4) is 12.3 Å². The van der Waals surface area contributed by atoms with Crippen LogP contribution in [0.5, 0.6) is 0 Å². The van der Waals surface area contributed by atoms with Crippen molar-refractivity contribution in [2.45, 2.75) is 38.0 Å². The third-order valence-corrected chi connectivity index (χ3v) is 6.42. The standard InChI is InChI=1S/C25H29N5O2/c1-2-3-6-24(31)29-15-11-20(12-16-29)19-7-9-22(10-8-19)27-25(32)21-13-17-30(18-21)23-5-4-14-26-28-23/h1,4-5,7-10,14,20-21H,3,6,11-13,15-18H2,(H,27,32). The zero-order valence-corrected chi connectivity index (χ0v) is 18.2. The molecule has 32 heavy (non-hydrogen) atoms. The van der Waals surface area contributed by atoms with Gasteiger partial charge in [-0.3, -0.25) is 9.59 Å². The fourth-order valence-corrected chi connectivity index (χ4v) is 4.53. The molecule has 2 fully saturated rings. The molecule has 3 heterocycles. The van der Waals surface area contributed by atoms with E-state index in [1.54, 1.807) is 6.20 Å². The molecule has 2 amide bonds. The summed E-state index contributed by atoms with van der Waals surface area (Å²) >= 11 is 0. The molecule has 0 saturated carbocycles. The van der Waals surface area contributed by atoms with Crippen LogP contribution in [-0.2, 0) is 9.59 Å². The molecule has 2 saturated heterocycles. The number of likely N-dealkylation sites (tertiary alicyclic amines) is 1. The van der Waals surface area contributed by atoms with Gasteiger partial charge in [0.1, 0.15) is 0 Å². The highest BCUT2D eigenvalue weighted by Crippen LogP contribution is 2.29. The number of nitrogens with zero attached hydrogens (tertiary/aromatic N) is 4. The summed E-state index contributed by atoms with van der Waals surface area (Å²) in [4.78, 5) is 28.9. The number of anilines is 2. The van der Waals surface area contributed by atoms with E-state index in [9.17, 15) is 9.59 Å². The molecule has 1 atom stereocenters. The van der Waals surface area contributed by atoms with Crippen molar-refractivity contribution in [1.29, 1.82) is 0 Å². The quantitative estimate of drug-likeness (QED) is 0.712. The summed E-state index contributed by atoms with van der Waals surface area (Å²) in [6.07, 6.45) is 10.6. The number of aromatic nitrogens is 2. The van der Waals surface area contributed by atoms with Crippen LogP contribution in [0, 0.1) is 18.3 Å². The topological polar surface area (TPSA) is 78.4 Å². The molecule has 4 rings (SSSR count). The molecule has 166 valence electrons. The van der Waals surface area contributed by atoms with E-state index in [0.29, 0.717) is 25.3 Å². The first-order valence-corrected chi connectivity index (χ1v) is 11.3. The van der Waals surface area contributed by atoms with E-state index < -0.39 is 0 Å². The predicted octanol–water partition coefficient (Wildman–Crippen LogP) is 3.06. The first kappa shape index (κ1) is 21.8. The number of benzene rings is 1. The average Bonchev–Trinajstić information content (AvgIpc) is 3.34. The first-order chi connectivity index (χ1) is 15.6. The second-order valence-corrected chi connectivity index (χ2v) is 8.48. The van der Waals surface area contributed by atoms with Gasteiger partial charge in [-0.1, -0.05) is 12.1 Å². The minimum absolute atomic E-state index is 0.0444. The van der Waals surface area contributed by atoms with Crippen molar-refractivity contribution < 1.29 is 9.59 Å². The molecule has 0 aliphatic carbocycles. The van der Waals surface area contributed by atoms with Crippen LogP contribution in [0.15, 0.2) is 42.6 Å². The van der Waals surface area contributed by atoms with Gasteiger partial charge in [-0.25, -0.2) is 0 Å².